The Kier molecular flexibility index (Phi) is 8.19. The smallest absolute Gasteiger partial charge is 0.419 e. The summed E-state index contributed by atoms with van der Waals surface area (Å²) in [5, 5.41) is 0. The van der Waals surface area contributed by atoms with Crippen LogP contribution < -0.4 is 11.5 Å². The van der Waals surface area contributed by atoms with Crippen LogP contribution in [-0.4, -0.2) is 37.7 Å². The van der Waals surface area contributed by atoms with Gasteiger partial charge in [-0.15, -0.1) is 24.3 Å². The minimum atomic E-state index is 0. The van der Waals surface area contributed by atoms with Gasteiger partial charge in [-0.3, -0.25) is 0 Å². The largest absolute Gasteiger partial charge is 2.00 e. The van der Waals surface area contributed by atoms with Crippen LogP contribution in [0.4, 0.5) is 11.4 Å². The molecule has 72 valence electrons. The van der Waals surface area contributed by atoms with Crippen LogP contribution >= 0.6 is 0 Å². The van der Waals surface area contributed by atoms with E-state index in [0.717, 1.165) is 11.4 Å². The zero-order chi connectivity index (χ0) is 10.2. The first-order chi connectivity index (χ1) is 6.79. The molecule has 0 amide bonds. The van der Waals surface area contributed by atoms with Crippen LogP contribution in [-0.2, 0) is 0 Å². The van der Waals surface area contributed by atoms with Crippen LogP contribution in [0.2, 0.25) is 0 Å². The van der Waals surface area contributed by atoms with E-state index in [1.807, 2.05) is 0 Å². The molecule has 0 aliphatic rings. The van der Waals surface area contributed by atoms with Crippen molar-refractivity contribution >= 4 is 49.1 Å². The predicted molar refractivity (Wildman–Crippen MR) is 65.1 cm³/mol. The van der Waals surface area contributed by atoms with Crippen molar-refractivity contribution in [1.29, 1.82) is 0 Å². The first-order valence-corrected chi connectivity index (χ1v) is 4.22. The molecule has 0 spiro atoms. The molecule has 2 rings (SSSR count). The Morgan fingerprint density at radius 2 is 0.933 bits per heavy atom. The fraction of sp³-hybridized carbons (Fsp3) is 0. The fourth-order valence-corrected chi connectivity index (χ4v) is 0.800. The summed E-state index contributed by atoms with van der Waals surface area (Å²) in [6, 6.07) is 20.1. The van der Waals surface area contributed by atoms with Gasteiger partial charge < -0.3 is 11.5 Å². The molecule has 0 radical (unpaired) electrons. The summed E-state index contributed by atoms with van der Waals surface area (Å²) in [5.41, 5.74) is 12.3. The summed E-state index contributed by atoms with van der Waals surface area (Å²) in [6.45, 7) is 0. The number of hydrogen-bond donors (Lipinski definition) is 2. The van der Waals surface area contributed by atoms with Gasteiger partial charge in [-0.1, -0.05) is 11.4 Å². The topological polar surface area (TPSA) is 52.0 Å². The van der Waals surface area contributed by atoms with Gasteiger partial charge >= 0.3 is 37.7 Å². The molecule has 2 nitrogen and oxygen atoms in total. The molecule has 0 aliphatic carbocycles. The van der Waals surface area contributed by atoms with Gasteiger partial charge in [-0.05, 0) is 0 Å². The number of rotatable bonds is 0. The number of nitrogen functional groups attached to an aromatic ring is 2. The molecule has 0 saturated carbocycles. The molecule has 0 aromatic heterocycles. The third kappa shape index (κ3) is 7.25. The molecule has 4 N–H and O–H groups in total. The van der Waals surface area contributed by atoms with E-state index in [4.69, 9.17) is 11.5 Å². The van der Waals surface area contributed by atoms with Gasteiger partial charge in [0.05, 0.1) is 0 Å². The van der Waals surface area contributed by atoms with E-state index in [2.05, 4.69) is 12.1 Å². The van der Waals surface area contributed by atoms with Gasteiger partial charge in [0.2, 0.25) is 0 Å². The summed E-state index contributed by atoms with van der Waals surface area (Å²) in [6.07, 6.45) is 0. The Balaban J connectivity index is 0.000000245. The Labute approximate surface area is 120 Å². The van der Waals surface area contributed by atoms with Crippen LogP contribution in [0.25, 0.3) is 0 Å². The third-order valence-corrected chi connectivity index (χ3v) is 1.49. The molecule has 3 heteroatoms. The average molecular weight is 224 g/mol. The Morgan fingerprint density at radius 1 is 0.667 bits per heavy atom. The van der Waals surface area contributed by atoms with Crippen LogP contribution in [0.3, 0.4) is 0 Å². The van der Waals surface area contributed by atoms with Crippen LogP contribution in [0.15, 0.2) is 48.5 Å². The minimum absolute atomic E-state index is 0. The molecular formula is C12H12CaN2. The SMILES string of the molecule is Nc1cc[c-]cc1.Nc1cc[c-]cc1.[Ca+2]. The third-order valence-electron chi connectivity index (χ3n) is 1.49. The Bertz CT molecular complexity index is 311. The van der Waals surface area contributed by atoms with Crippen molar-refractivity contribution in [3.63, 3.8) is 0 Å². The maximum absolute atomic E-state index is 5.34. The second-order valence-corrected chi connectivity index (χ2v) is 2.67. The zero-order valence-electron chi connectivity index (χ0n) is 8.48. The maximum Gasteiger partial charge on any atom is 2.00 e. The van der Waals surface area contributed by atoms with Gasteiger partial charge in [0.15, 0.2) is 0 Å². The number of hydrogen-bond acceptors (Lipinski definition) is 2. The quantitative estimate of drug-likeness (QED) is 0.407. The normalized spacial score (nSPS) is 8.00. The van der Waals surface area contributed by atoms with Gasteiger partial charge in [0.25, 0.3) is 0 Å². The summed E-state index contributed by atoms with van der Waals surface area (Å²) < 4.78 is 0. The molecule has 0 bridgehead atoms. The van der Waals surface area contributed by atoms with Crippen LogP contribution in [0.5, 0.6) is 0 Å². The summed E-state index contributed by atoms with van der Waals surface area (Å²) in [7, 11) is 0. The van der Waals surface area contributed by atoms with Gasteiger partial charge in [-0.25, -0.2) is 0 Å². The van der Waals surface area contributed by atoms with Crippen molar-refractivity contribution in [3.8, 4) is 0 Å². The van der Waals surface area contributed by atoms with E-state index < -0.39 is 0 Å². The zero-order valence-corrected chi connectivity index (χ0v) is 10.7. The molecule has 0 atom stereocenters. The van der Waals surface area contributed by atoms with E-state index >= 15 is 0 Å². The van der Waals surface area contributed by atoms with Gasteiger partial charge in [-0.2, -0.15) is 36.4 Å². The fourth-order valence-electron chi connectivity index (χ4n) is 0.800. The van der Waals surface area contributed by atoms with Crippen molar-refractivity contribution in [3.05, 3.63) is 60.7 Å². The number of anilines is 2. The van der Waals surface area contributed by atoms with Crippen molar-refractivity contribution < 1.29 is 0 Å². The van der Waals surface area contributed by atoms with Gasteiger partial charge in [0, 0.05) is 0 Å². The molecule has 15 heavy (non-hydrogen) atoms. The molecular weight excluding hydrogens is 212 g/mol. The van der Waals surface area contributed by atoms with E-state index in [0.29, 0.717) is 0 Å². The van der Waals surface area contributed by atoms with Crippen LogP contribution in [0.1, 0.15) is 0 Å². The molecule has 0 fully saturated rings. The second-order valence-electron chi connectivity index (χ2n) is 2.67. The monoisotopic (exact) mass is 224 g/mol. The van der Waals surface area contributed by atoms with Gasteiger partial charge in [0.1, 0.15) is 0 Å². The first-order valence-electron chi connectivity index (χ1n) is 4.22. The average Bonchev–Trinajstić information content (AvgIpc) is 2.21. The van der Waals surface area contributed by atoms with Crippen molar-refractivity contribution in [2.45, 2.75) is 0 Å². The Hall–Kier alpha value is -0.700. The maximum atomic E-state index is 5.34. The standard InChI is InChI=1S/2C6H6N.Ca/c2*7-6-4-2-1-3-5-6;/h2*2-5H,7H2;/q2*-1;+2. The molecule has 0 heterocycles. The van der Waals surface area contributed by atoms with E-state index in [9.17, 15) is 0 Å². The second kappa shape index (κ2) is 8.60. The first kappa shape index (κ1) is 14.3. The van der Waals surface area contributed by atoms with E-state index in [-0.39, 0.29) is 37.7 Å². The summed E-state index contributed by atoms with van der Waals surface area (Å²) in [5.74, 6) is 0. The van der Waals surface area contributed by atoms with Crippen molar-refractivity contribution in [2.75, 3.05) is 11.5 Å². The van der Waals surface area contributed by atoms with Crippen molar-refractivity contribution in [2.24, 2.45) is 0 Å². The summed E-state index contributed by atoms with van der Waals surface area (Å²) in [4.78, 5) is 0. The number of benzene rings is 2. The molecule has 0 saturated heterocycles. The number of nitrogens with two attached hydrogens (primary N) is 2. The van der Waals surface area contributed by atoms with Crippen LogP contribution in [0, 0.1) is 12.1 Å². The van der Waals surface area contributed by atoms with E-state index in [1.165, 1.54) is 0 Å². The Morgan fingerprint density at radius 3 is 1.07 bits per heavy atom. The summed E-state index contributed by atoms with van der Waals surface area (Å²) >= 11 is 0. The predicted octanol–water partition coefficient (Wildman–Crippen LogP) is 1.76. The molecule has 2 aromatic carbocycles. The van der Waals surface area contributed by atoms with E-state index in [1.54, 1.807) is 48.5 Å². The van der Waals surface area contributed by atoms with Crippen molar-refractivity contribution in [1.82, 2.24) is 0 Å². The minimum Gasteiger partial charge on any atom is -0.419 e. The molecule has 2 aromatic rings. The molecule has 0 unspecified atom stereocenters. The molecule has 0 aliphatic heterocycles.